The third-order valence-corrected chi connectivity index (χ3v) is 4.96. The molecule has 8 heteroatoms. The lowest BCUT2D eigenvalue weighted by Gasteiger charge is -2.13. The highest BCUT2D eigenvalue weighted by Gasteiger charge is 2.15. The molecule has 0 aliphatic heterocycles. The molecule has 1 heterocycles. The number of halogens is 1. The van der Waals surface area contributed by atoms with Crippen LogP contribution in [-0.4, -0.2) is 31.9 Å². The number of aromatic nitrogens is 4. The fourth-order valence-corrected chi connectivity index (χ4v) is 3.33. The summed E-state index contributed by atoms with van der Waals surface area (Å²) in [6.07, 6.45) is 0. The van der Waals surface area contributed by atoms with E-state index in [1.807, 2.05) is 30.3 Å². The molecule has 0 spiro atoms. The molecule has 1 N–H and O–H groups in total. The number of nitrogens with one attached hydrogen (secondary N) is 1. The standard InChI is InChI=1S/C18H18ClN5OS/c1-12(2)13-7-3-6-10-16(13)24-18(21-22-23-24)26-11-17(25)20-15-9-5-4-8-14(15)19/h3-10,12H,11H2,1-2H3,(H,20,25). The average molecular weight is 388 g/mol. The van der Waals surface area contributed by atoms with Crippen LogP contribution < -0.4 is 5.32 Å². The van der Waals surface area contributed by atoms with Crippen molar-refractivity contribution in [1.29, 1.82) is 0 Å². The molecule has 0 unspecified atom stereocenters. The van der Waals surface area contributed by atoms with Gasteiger partial charge < -0.3 is 5.32 Å². The van der Waals surface area contributed by atoms with E-state index in [4.69, 9.17) is 11.6 Å². The second-order valence-corrected chi connectivity index (χ2v) is 7.25. The van der Waals surface area contributed by atoms with Gasteiger partial charge in [-0.1, -0.05) is 67.5 Å². The summed E-state index contributed by atoms with van der Waals surface area (Å²) in [4.78, 5) is 12.2. The summed E-state index contributed by atoms with van der Waals surface area (Å²) in [5.74, 6) is 0.335. The summed E-state index contributed by atoms with van der Waals surface area (Å²) in [6.45, 7) is 4.24. The number of amides is 1. The molecule has 3 aromatic rings. The first-order valence-corrected chi connectivity index (χ1v) is 9.47. The van der Waals surface area contributed by atoms with Crippen molar-refractivity contribution < 1.29 is 4.79 Å². The number of anilines is 1. The first-order valence-electron chi connectivity index (χ1n) is 8.11. The Bertz CT molecular complexity index is 912. The number of carbonyl (C=O) groups excluding carboxylic acids is 1. The van der Waals surface area contributed by atoms with Gasteiger partial charge in [0, 0.05) is 0 Å². The van der Waals surface area contributed by atoms with Gasteiger partial charge in [-0.05, 0) is 40.1 Å². The predicted octanol–water partition coefficient (Wildman–Crippen LogP) is 4.17. The predicted molar refractivity (Wildman–Crippen MR) is 104 cm³/mol. The largest absolute Gasteiger partial charge is 0.324 e. The molecule has 0 aliphatic carbocycles. The van der Waals surface area contributed by atoms with E-state index in [2.05, 4.69) is 40.8 Å². The Hall–Kier alpha value is -2.38. The molecule has 3 rings (SSSR count). The van der Waals surface area contributed by atoms with E-state index in [0.29, 0.717) is 21.8 Å². The number of hydrogen-bond acceptors (Lipinski definition) is 5. The SMILES string of the molecule is CC(C)c1ccccc1-n1nnnc1SCC(=O)Nc1ccccc1Cl. The molecule has 134 valence electrons. The van der Waals surface area contributed by atoms with E-state index >= 15 is 0 Å². The van der Waals surface area contributed by atoms with Gasteiger partial charge in [0.2, 0.25) is 11.1 Å². The summed E-state index contributed by atoms with van der Waals surface area (Å²) in [6, 6.07) is 15.1. The number of rotatable bonds is 6. The van der Waals surface area contributed by atoms with Crippen molar-refractivity contribution in [2.45, 2.75) is 24.9 Å². The number of para-hydroxylation sites is 2. The van der Waals surface area contributed by atoms with E-state index in [1.54, 1.807) is 16.8 Å². The van der Waals surface area contributed by atoms with Gasteiger partial charge in [-0.15, -0.1) is 5.10 Å². The Morgan fingerprint density at radius 1 is 1.19 bits per heavy atom. The lowest BCUT2D eigenvalue weighted by Crippen LogP contribution is -2.15. The maximum absolute atomic E-state index is 12.2. The van der Waals surface area contributed by atoms with Gasteiger partial charge in [0.1, 0.15) is 0 Å². The van der Waals surface area contributed by atoms with Crippen molar-refractivity contribution in [3.05, 3.63) is 59.1 Å². The second-order valence-electron chi connectivity index (χ2n) is 5.90. The minimum Gasteiger partial charge on any atom is -0.324 e. The van der Waals surface area contributed by atoms with Crippen LogP contribution in [0.3, 0.4) is 0 Å². The quantitative estimate of drug-likeness (QED) is 0.642. The molecule has 26 heavy (non-hydrogen) atoms. The highest BCUT2D eigenvalue weighted by Crippen LogP contribution is 2.26. The van der Waals surface area contributed by atoms with E-state index in [9.17, 15) is 4.79 Å². The van der Waals surface area contributed by atoms with Crippen molar-refractivity contribution in [3.8, 4) is 5.69 Å². The van der Waals surface area contributed by atoms with Crippen LogP contribution >= 0.6 is 23.4 Å². The van der Waals surface area contributed by atoms with Gasteiger partial charge in [0.15, 0.2) is 0 Å². The lowest BCUT2D eigenvalue weighted by molar-refractivity contribution is -0.113. The third-order valence-electron chi connectivity index (χ3n) is 3.71. The Labute approximate surface area is 160 Å². The highest BCUT2D eigenvalue weighted by molar-refractivity contribution is 7.99. The maximum Gasteiger partial charge on any atom is 0.234 e. The molecule has 0 saturated heterocycles. The lowest BCUT2D eigenvalue weighted by atomic mass is 10.0. The molecule has 6 nitrogen and oxygen atoms in total. The molecule has 0 atom stereocenters. The molecule has 2 aromatic carbocycles. The van der Waals surface area contributed by atoms with Crippen LogP contribution in [-0.2, 0) is 4.79 Å². The zero-order valence-electron chi connectivity index (χ0n) is 14.4. The van der Waals surface area contributed by atoms with Crippen LogP contribution in [0.4, 0.5) is 5.69 Å². The number of thioether (sulfide) groups is 1. The van der Waals surface area contributed by atoms with Crippen LogP contribution in [0.25, 0.3) is 5.69 Å². The molecular formula is C18H18ClN5OS. The number of nitrogens with zero attached hydrogens (tertiary/aromatic N) is 4. The van der Waals surface area contributed by atoms with Crippen molar-refractivity contribution in [2.24, 2.45) is 0 Å². The summed E-state index contributed by atoms with van der Waals surface area (Å²) >= 11 is 7.34. The minimum atomic E-state index is -0.171. The van der Waals surface area contributed by atoms with Crippen LogP contribution in [0.5, 0.6) is 0 Å². The first-order chi connectivity index (χ1) is 12.6. The molecule has 1 aromatic heterocycles. The van der Waals surface area contributed by atoms with Gasteiger partial charge in [-0.2, -0.15) is 4.68 Å². The Balaban J connectivity index is 1.72. The van der Waals surface area contributed by atoms with Gasteiger partial charge in [0.25, 0.3) is 0 Å². The Morgan fingerprint density at radius 2 is 1.92 bits per heavy atom. The Morgan fingerprint density at radius 3 is 2.69 bits per heavy atom. The van der Waals surface area contributed by atoms with Gasteiger partial charge in [-0.25, -0.2) is 0 Å². The van der Waals surface area contributed by atoms with E-state index in [-0.39, 0.29) is 11.7 Å². The van der Waals surface area contributed by atoms with Crippen LogP contribution in [0.2, 0.25) is 5.02 Å². The monoisotopic (exact) mass is 387 g/mol. The van der Waals surface area contributed by atoms with E-state index < -0.39 is 0 Å². The Kier molecular flexibility index (Phi) is 5.90. The van der Waals surface area contributed by atoms with Gasteiger partial charge in [-0.3, -0.25) is 4.79 Å². The number of hydrogen-bond donors (Lipinski definition) is 1. The van der Waals surface area contributed by atoms with Crippen molar-refractivity contribution in [3.63, 3.8) is 0 Å². The number of benzene rings is 2. The normalized spacial score (nSPS) is 10.9. The van der Waals surface area contributed by atoms with Crippen LogP contribution in [0.1, 0.15) is 25.3 Å². The summed E-state index contributed by atoms with van der Waals surface area (Å²) < 4.78 is 1.67. The molecule has 0 radical (unpaired) electrons. The molecular weight excluding hydrogens is 370 g/mol. The third kappa shape index (κ3) is 4.23. The highest BCUT2D eigenvalue weighted by atomic mass is 35.5. The van der Waals surface area contributed by atoms with Crippen LogP contribution in [0.15, 0.2) is 53.7 Å². The summed E-state index contributed by atoms with van der Waals surface area (Å²) in [5, 5.41) is 15.8. The van der Waals surface area contributed by atoms with E-state index in [1.165, 1.54) is 11.8 Å². The topological polar surface area (TPSA) is 72.7 Å². The minimum absolute atomic E-state index is 0.171. The zero-order valence-corrected chi connectivity index (χ0v) is 16.0. The average Bonchev–Trinajstić information content (AvgIpc) is 3.10. The smallest absolute Gasteiger partial charge is 0.234 e. The van der Waals surface area contributed by atoms with Gasteiger partial charge >= 0.3 is 0 Å². The second kappa shape index (κ2) is 8.33. The molecule has 1 amide bonds. The maximum atomic E-state index is 12.2. The number of tetrazole rings is 1. The van der Waals surface area contributed by atoms with E-state index in [0.717, 1.165) is 11.3 Å². The fourth-order valence-electron chi connectivity index (χ4n) is 2.47. The van der Waals surface area contributed by atoms with Crippen molar-refractivity contribution in [2.75, 3.05) is 11.1 Å². The fraction of sp³-hybridized carbons (Fsp3) is 0.222. The van der Waals surface area contributed by atoms with Crippen LogP contribution in [0, 0.1) is 0 Å². The van der Waals surface area contributed by atoms with Gasteiger partial charge in [0.05, 0.1) is 22.2 Å². The summed E-state index contributed by atoms with van der Waals surface area (Å²) in [7, 11) is 0. The molecule has 0 saturated carbocycles. The molecule has 0 aliphatic rings. The molecule has 0 fully saturated rings. The number of carbonyl (C=O) groups is 1. The van der Waals surface area contributed by atoms with Crippen molar-refractivity contribution in [1.82, 2.24) is 20.2 Å². The molecule has 0 bridgehead atoms. The van der Waals surface area contributed by atoms with Crippen molar-refractivity contribution >= 4 is 35.0 Å². The zero-order chi connectivity index (χ0) is 18.5. The summed E-state index contributed by atoms with van der Waals surface area (Å²) in [5.41, 5.74) is 2.65. The first kappa shape index (κ1) is 18.4.